The first kappa shape index (κ1) is 15.7. The van der Waals surface area contributed by atoms with Crippen molar-refractivity contribution in [1.29, 1.82) is 0 Å². The van der Waals surface area contributed by atoms with Gasteiger partial charge in [0.15, 0.2) is 5.13 Å². The van der Waals surface area contributed by atoms with Gasteiger partial charge in [-0.1, -0.05) is 0 Å². The second-order valence-electron chi connectivity index (χ2n) is 5.23. The molecule has 0 spiro atoms. The first-order valence-electron chi connectivity index (χ1n) is 6.79. The van der Waals surface area contributed by atoms with Crippen molar-refractivity contribution in [2.24, 2.45) is 11.1 Å². The average Bonchev–Trinajstić information content (AvgIpc) is 2.76. The van der Waals surface area contributed by atoms with Crippen LogP contribution in [0.1, 0.15) is 23.4 Å². The second-order valence-corrected chi connectivity index (χ2v) is 6.43. The van der Waals surface area contributed by atoms with Crippen LogP contribution in [-0.4, -0.2) is 36.7 Å². The summed E-state index contributed by atoms with van der Waals surface area (Å²) in [6.07, 6.45) is 1.05. The average molecular weight is 312 g/mol. The first-order valence-corrected chi connectivity index (χ1v) is 7.61. The molecule has 1 aliphatic rings. The lowest BCUT2D eigenvalue weighted by molar-refractivity contribution is -0.132. The minimum Gasteiger partial charge on any atom is -0.381 e. The number of aromatic nitrogens is 1. The zero-order valence-corrected chi connectivity index (χ0v) is 13.0. The number of thiazole rings is 1. The van der Waals surface area contributed by atoms with Gasteiger partial charge in [0.05, 0.1) is 11.1 Å². The number of aryl methyl sites for hydroxylation is 2. The number of nitrogens with two attached hydrogens (primary N) is 1. The van der Waals surface area contributed by atoms with E-state index in [1.54, 1.807) is 0 Å². The van der Waals surface area contributed by atoms with Crippen molar-refractivity contribution < 1.29 is 14.3 Å². The first-order chi connectivity index (χ1) is 9.93. The SMILES string of the molecule is Cc1nc(NC(=O)NCC2(C(N)=O)CCOCC2)sc1C. The largest absolute Gasteiger partial charge is 0.381 e. The molecule has 2 heterocycles. The van der Waals surface area contributed by atoms with Crippen LogP contribution in [0, 0.1) is 19.3 Å². The Labute approximate surface area is 127 Å². The molecule has 8 heteroatoms. The molecule has 4 N–H and O–H groups in total. The zero-order chi connectivity index (χ0) is 15.5. The van der Waals surface area contributed by atoms with Crippen LogP contribution in [0.4, 0.5) is 9.93 Å². The molecule has 1 aromatic rings. The number of ether oxygens (including phenoxy) is 1. The standard InChI is InChI=1S/C13H20N4O3S/c1-8-9(2)21-12(16-8)17-11(19)15-7-13(10(14)18)3-5-20-6-4-13/h3-7H2,1-2H3,(H2,14,18)(H2,15,16,17,19). The molecule has 1 aliphatic heterocycles. The number of carbonyl (C=O) groups is 2. The Morgan fingerprint density at radius 2 is 2.05 bits per heavy atom. The van der Waals surface area contributed by atoms with Gasteiger partial charge in [0, 0.05) is 24.6 Å². The maximum atomic E-state index is 11.9. The Bertz CT molecular complexity index is 518. The summed E-state index contributed by atoms with van der Waals surface area (Å²) in [5.74, 6) is -0.396. The monoisotopic (exact) mass is 312 g/mol. The number of rotatable bonds is 4. The van der Waals surface area contributed by atoms with Crippen LogP contribution in [0.15, 0.2) is 0 Å². The van der Waals surface area contributed by atoms with Gasteiger partial charge in [0.2, 0.25) is 5.91 Å². The molecular weight excluding hydrogens is 292 g/mol. The third-order valence-corrected chi connectivity index (χ3v) is 4.80. The molecule has 0 radical (unpaired) electrons. The maximum Gasteiger partial charge on any atom is 0.321 e. The minimum atomic E-state index is -0.718. The summed E-state index contributed by atoms with van der Waals surface area (Å²) in [6, 6.07) is -0.379. The highest BCUT2D eigenvalue weighted by Gasteiger charge is 2.38. The van der Waals surface area contributed by atoms with E-state index in [2.05, 4.69) is 15.6 Å². The van der Waals surface area contributed by atoms with Crippen LogP contribution in [0.2, 0.25) is 0 Å². The van der Waals surface area contributed by atoms with Crippen LogP contribution in [0.25, 0.3) is 0 Å². The van der Waals surface area contributed by atoms with E-state index in [1.165, 1.54) is 11.3 Å². The lowest BCUT2D eigenvalue weighted by atomic mass is 9.79. The fraction of sp³-hybridized carbons (Fsp3) is 0.615. The van der Waals surface area contributed by atoms with E-state index in [0.717, 1.165) is 10.6 Å². The lowest BCUT2D eigenvalue weighted by Gasteiger charge is -2.34. The number of hydrogen-bond donors (Lipinski definition) is 3. The highest BCUT2D eigenvalue weighted by atomic mass is 32.1. The molecule has 3 amide bonds. The number of amides is 3. The number of hydrogen-bond acceptors (Lipinski definition) is 5. The second kappa shape index (κ2) is 6.40. The summed E-state index contributed by atoms with van der Waals surface area (Å²) in [6.45, 7) is 5.01. The molecule has 1 fully saturated rings. The van der Waals surface area contributed by atoms with E-state index in [0.29, 0.717) is 31.2 Å². The number of urea groups is 1. The fourth-order valence-corrected chi connectivity index (χ4v) is 3.00. The fourth-order valence-electron chi connectivity index (χ4n) is 2.19. The van der Waals surface area contributed by atoms with Crippen molar-refractivity contribution in [2.75, 3.05) is 25.1 Å². The van der Waals surface area contributed by atoms with E-state index in [-0.39, 0.29) is 12.6 Å². The summed E-state index contributed by atoms with van der Waals surface area (Å²) < 4.78 is 5.25. The highest BCUT2D eigenvalue weighted by molar-refractivity contribution is 7.15. The Morgan fingerprint density at radius 3 is 2.57 bits per heavy atom. The van der Waals surface area contributed by atoms with Crippen molar-refractivity contribution in [1.82, 2.24) is 10.3 Å². The van der Waals surface area contributed by atoms with Crippen LogP contribution in [-0.2, 0) is 9.53 Å². The molecule has 1 aromatic heterocycles. The lowest BCUT2D eigenvalue weighted by Crippen LogP contribution is -2.50. The normalized spacial score (nSPS) is 17.2. The van der Waals surface area contributed by atoms with Gasteiger partial charge >= 0.3 is 6.03 Å². The Hall–Kier alpha value is -1.67. The molecule has 0 unspecified atom stereocenters. The van der Waals surface area contributed by atoms with E-state index in [4.69, 9.17) is 10.5 Å². The van der Waals surface area contributed by atoms with Gasteiger partial charge in [-0.2, -0.15) is 0 Å². The Morgan fingerprint density at radius 1 is 1.38 bits per heavy atom. The zero-order valence-electron chi connectivity index (χ0n) is 12.2. The molecular formula is C13H20N4O3S. The van der Waals surface area contributed by atoms with Gasteiger partial charge in [0.1, 0.15) is 0 Å². The van der Waals surface area contributed by atoms with E-state index >= 15 is 0 Å². The van der Waals surface area contributed by atoms with E-state index in [1.807, 2.05) is 13.8 Å². The van der Waals surface area contributed by atoms with Gasteiger partial charge in [0.25, 0.3) is 0 Å². The number of anilines is 1. The number of nitrogens with one attached hydrogen (secondary N) is 2. The predicted molar refractivity (Wildman–Crippen MR) is 80.3 cm³/mol. The van der Waals surface area contributed by atoms with Gasteiger partial charge in [-0.15, -0.1) is 11.3 Å². The van der Waals surface area contributed by atoms with Gasteiger partial charge in [-0.3, -0.25) is 10.1 Å². The molecule has 0 atom stereocenters. The molecule has 0 bridgehead atoms. The summed E-state index contributed by atoms with van der Waals surface area (Å²) in [7, 11) is 0. The quantitative estimate of drug-likeness (QED) is 0.775. The molecule has 21 heavy (non-hydrogen) atoms. The van der Waals surface area contributed by atoms with Crippen LogP contribution in [0.3, 0.4) is 0 Å². The van der Waals surface area contributed by atoms with Crippen LogP contribution < -0.4 is 16.4 Å². The maximum absolute atomic E-state index is 11.9. The highest BCUT2D eigenvalue weighted by Crippen LogP contribution is 2.29. The van der Waals surface area contributed by atoms with Crippen molar-refractivity contribution in [3.8, 4) is 0 Å². The van der Waals surface area contributed by atoms with Crippen molar-refractivity contribution in [2.45, 2.75) is 26.7 Å². The van der Waals surface area contributed by atoms with Crippen molar-refractivity contribution >= 4 is 28.4 Å². The van der Waals surface area contributed by atoms with E-state index < -0.39 is 11.3 Å². The van der Waals surface area contributed by atoms with Gasteiger partial charge < -0.3 is 15.8 Å². The summed E-state index contributed by atoms with van der Waals surface area (Å²) >= 11 is 1.41. The Kier molecular flexibility index (Phi) is 4.79. The smallest absolute Gasteiger partial charge is 0.321 e. The van der Waals surface area contributed by atoms with Gasteiger partial charge in [-0.05, 0) is 26.7 Å². The summed E-state index contributed by atoms with van der Waals surface area (Å²) in [5.41, 5.74) is 5.67. The summed E-state index contributed by atoms with van der Waals surface area (Å²) in [5, 5.41) is 5.93. The summed E-state index contributed by atoms with van der Waals surface area (Å²) in [4.78, 5) is 28.9. The third-order valence-electron chi connectivity index (χ3n) is 3.81. The van der Waals surface area contributed by atoms with Gasteiger partial charge in [-0.25, -0.2) is 9.78 Å². The molecule has 7 nitrogen and oxygen atoms in total. The molecule has 0 saturated carbocycles. The van der Waals surface area contributed by atoms with Crippen LogP contribution >= 0.6 is 11.3 Å². The molecule has 0 aromatic carbocycles. The van der Waals surface area contributed by atoms with Crippen molar-refractivity contribution in [3.05, 3.63) is 10.6 Å². The minimum absolute atomic E-state index is 0.209. The van der Waals surface area contributed by atoms with Crippen LogP contribution in [0.5, 0.6) is 0 Å². The third kappa shape index (κ3) is 3.70. The van der Waals surface area contributed by atoms with E-state index in [9.17, 15) is 9.59 Å². The number of nitrogens with zero attached hydrogens (tertiary/aromatic N) is 1. The number of primary amides is 1. The number of carbonyl (C=O) groups excluding carboxylic acids is 2. The molecule has 1 saturated heterocycles. The Balaban J connectivity index is 1.91. The molecule has 2 rings (SSSR count). The molecule has 116 valence electrons. The van der Waals surface area contributed by atoms with Crippen molar-refractivity contribution in [3.63, 3.8) is 0 Å². The predicted octanol–water partition coefficient (Wildman–Crippen LogP) is 1.16. The topological polar surface area (TPSA) is 106 Å². The molecule has 0 aliphatic carbocycles.